The smallest absolute Gasteiger partial charge is 0.119 e. The molecule has 3 heteroatoms. The summed E-state index contributed by atoms with van der Waals surface area (Å²) in [5.74, 6) is 0.895. The Bertz CT molecular complexity index is 482. The van der Waals surface area contributed by atoms with Gasteiger partial charge in [0.25, 0.3) is 0 Å². The Labute approximate surface area is 120 Å². The molecule has 0 fully saturated rings. The number of aliphatic hydroxyl groups excluding tert-OH is 1. The summed E-state index contributed by atoms with van der Waals surface area (Å²) >= 11 is 0. The van der Waals surface area contributed by atoms with E-state index in [2.05, 4.69) is 29.6 Å². The van der Waals surface area contributed by atoms with Gasteiger partial charge in [-0.1, -0.05) is 42.5 Å². The fraction of sp³-hybridized carbons (Fsp3) is 0.294. The third kappa shape index (κ3) is 4.68. The third-order valence-corrected chi connectivity index (χ3v) is 3.02. The quantitative estimate of drug-likeness (QED) is 0.725. The topological polar surface area (TPSA) is 41.5 Å². The van der Waals surface area contributed by atoms with E-state index >= 15 is 0 Å². The number of rotatable bonds is 8. The van der Waals surface area contributed by atoms with Gasteiger partial charge in [-0.25, -0.2) is 0 Å². The van der Waals surface area contributed by atoms with Crippen LogP contribution in [0.15, 0.2) is 54.6 Å². The molecule has 3 nitrogen and oxygen atoms in total. The van der Waals surface area contributed by atoms with E-state index < -0.39 is 0 Å². The fourth-order valence-corrected chi connectivity index (χ4v) is 1.97. The molecule has 0 spiro atoms. The molecule has 0 saturated heterocycles. The first-order chi connectivity index (χ1) is 9.90. The molecule has 0 radical (unpaired) electrons. The zero-order chi connectivity index (χ0) is 14.0. The molecule has 0 amide bonds. The van der Waals surface area contributed by atoms with Gasteiger partial charge in [-0.3, -0.25) is 0 Å². The van der Waals surface area contributed by atoms with Crippen LogP contribution in [0.3, 0.4) is 0 Å². The molecule has 0 aliphatic carbocycles. The van der Waals surface area contributed by atoms with Crippen LogP contribution in [-0.2, 0) is 0 Å². The molecule has 2 N–H and O–H groups in total. The summed E-state index contributed by atoms with van der Waals surface area (Å²) in [5, 5.41) is 11.7. The van der Waals surface area contributed by atoms with Gasteiger partial charge in [0.05, 0.1) is 13.2 Å². The molecule has 20 heavy (non-hydrogen) atoms. The zero-order valence-electron chi connectivity index (χ0n) is 11.6. The first kappa shape index (κ1) is 14.6. The molecular formula is C17H21NO2. The Morgan fingerprint density at radius 3 is 2.25 bits per heavy atom. The van der Waals surface area contributed by atoms with Crippen LogP contribution in [0, 0.1) is 0 Å². The van der Waals surface area contributed by atoms with Crippen molar-refractivity contribution in [3.63, 3.8) is 0 Å². The van der Waals surface area contributed by atoms with Crippen LogP contribution in [0.25, 0.3) is 11.1 Å². The molecule has 106 valence electrons. The predicted molar refractivity (Wildman–Crippen MR) is 81.9 cm³/mol. The lowest BCUT2D eigenvalue weighted by Gasteiger charge is -2.08. The van der Waals surface area contributed by atoms with Crippen molar-refractivity contribution in [1.29, 1.82) is 0 Å². The SMILES string of the molecule is OCCNCCCOc1ccc(-c2ccccc2)cc1. The van der Waals surface area contributed by atoms with Crippen molar-refractivity contribution >= 4 is 0 Å². The zero-order valence-corrected chi connectivity index (χ0v) is 11.6. The second-order valence-corrected chi connectivity index (χ2v) is 4.57. The number of ether oxygens (including phenoxy) is 1. The van der Waals surface area contributed by atoms with E-state index in [9.17, 15) is 0 Å². The molecule has 0 aromatic heterocycles. The van der Waals surface area contributed by atoms with Gasteiger partial charge in [-0.05, 0) is 36.2 Å². The molecule has 0 saturated carbocycles. The van der Waals surface area contributed by atoms with Crippen LogP contribution in [-0.4, -0.2) is 31.4 Å². The van der Waals surface area contributed by atoms with Crippen molar-refractivity contribution in [3.8, 4) is 16.9 Å². The summed E-state index contributed by atoms with van der Waals surface area (Å²) in [6.45, 7) is 2.37. The van der Waals surface area contributed by atoms with Crippen molar-refractivity contribution in [2.45, 2.75) is 6.42 Å². The Kier molecular flexibility index (Phi) is 6.08. The first-order valence-electron chi connectivity index (χ1n) is 7.00. The molecule has 0 heterocycles. The molecule has 0 aliphatic heterocycles. The van der Waals surface area contributed by atoms with Crippen LogP contribution >= 0.6 is 0 Å². The number of hydrogen-bond donors (Lipinski definition) is 2. The van der Waals surface area contributed by atoms with E-state index in [1.807, 2.05) is 30.3 Å². The maximum absolute atomic E-state index is 8.63. The normalized spacial score (nSPS) is 10.4. The standard InChI is InChI=1S/C17H21NO2/c19-13-12-18-11-4-14-20-17-9-7-16(8-10-17)15-5-2-1-3-6-15/h1-3,5-10,18-19H,4,11-14H2. The van der Waals surface area contributed by atoms with Gasteiger partial charge in [0.15, 0.2) is 0 Å². The highest BCUT2D eigenvalue weighted by Crippen LogP contribution is 2.21. The molecular weight excluding hydrogens is 250 g/mol. The Morgan fingerprint density at radius 2 is 1.55 bits per heavy atom. The van der Waals surface area contributed by atoms with Crippen molar-refractivity contribution in [2.24, 2.45) is 0 Å². The van der Waals surface area contributed by atoms with Crippen LogP contribution in [0.2, 0.25) is 0 Å². The molecule has 0 bridgehead atoms. The summed E-state index contributed by atoms with van der Waals surface area (Å²) in [4.78, 5) is 0. The molecule has 0 atom stereocenters. The minimum atomic E-state index is 0.182. The molecule has 0 unspecified atom stereocenters. The van der Waals surface area contributed by atoms with Crippen LogP contribution in [0.1, 0.15) is 6.42 Å². The summed E-state index contributed by atoms with van der Waals surface area (Å²) in [6.07, 6.45) is 0.931. The molecule has 2 aromatic rings. The van der Waals surface area contributed by atoms with Crippen molar-refractivity contribution in [2.75, 3.05) is 26.3 Å². The Balaban J connectivity index is 1.77. The maximum atomic E-state index is 8.63. The van der Waals surface area contributed by atoms with Crippen LogP contribution in [0.5, 0.6) is 5.75 Å². The first-order valence-corrected chi connectivity index (χ1v) is 7.00. The minimum Gasteiger partial charge on any atom is -0.494 e. The number of nitrogens with one attached hydrogen (secondary N) is 1. The van der Waals surface area contributed by atoms with E-state index in [1.54, 1.807) is 0 Å². The highest BCUT2D eigenvalue weighted by Gasteiger charge is 1.98. The highest BCUT2D eigenvalue weighted by molar-refractivity contribution is 5.63. The summed E-state index contributed by atoms with van der Waals surface area (Å²) in [7, 11) is 0. The Hall–Kier alpha value is -1.84. The lowest BCUT2D eigenvalue weighted by molar-refractivity contribution is 0.282. The van der Waals surface area contributed by atoms with Gasteiger partial charge in [0, 0.05) is 6.54 Å². The minimum absolute atomic E-state index is 0.182. The van der Waals surface area contributed by atoms with E-state index in [1.165, 1.54) is 11.1 Å². The van der Waals surface area contributed by atoms with Gasteiger partial charge >= 0.3 is 0 Å². The highest BCUT2D eigenvalue weighted by atomic mass is 16.5. The van der Waals surface area contributed by atoms with Gasteiger partial charge < -0.3 is 15.2 Å². The molecule has 0 aliphatic rings. The lowest BCUT2D eigenvalue weighted by Crippen LogP contribution is -2.20. The summed E-state index contributed by atoms with van der Waals surface area (Å²) in [5.41, 5.74) is 2.41. The molecule has 2 aromatic carbocycles. The average Bonchev–Trinajstić information content (AvgIpc) is 2.52. The van der Waals surface area contributed by atoms with Crippen LogP contribution < -0.4 is 10.1 Å². The average molecular weight is 271 g/mol. The second-order valence-electron chi connectivity index (χ2n) is 4.57. The maximum Gasteiger partial charge on any atom is 0.119 e. The summed E-state index contributed by atoms with van der Waals surface area (Å²) < 4.78 is 5.67. The second kappa shape index (κ2) is 8.35. The monoisotopic (exact) mass is 271 g/mol. The van der Waals surface area contributed by atoms with E-state index in [-0.39, 0.29) is 6.61 Å². The van der Waals surface area contributed by atoms with Crippen molar-refractivity contribution in [1.82, 2.24) is 5.32 Å². The van der Waals surface area contributed by atoms with Gasteiger partial charge in [0.1, 0.15) is 5.75 Å². The number of hydrogen-bond acceptors (Lipinski definition) is 3. The van der Waals surface area contributed by atoms with E-state index in [0.717, 1.165) is 18.7 Å². The van der Waals surface area contributed by atoms with E-state index in [0.29, 0.717) is 13.2 Å². The fourth-order valence-electron chi connectivity index (χ4n) is 1.97. The predicted octanol–water partition coefficient (Wildman–Crippen LogP) is 2.70. The number of benzene rings is 2. The third-order valence-electron chi connectivity index (χ3n) is 3.02. The molecule has 2 rings (SSSR count). The number of aliphatic hydroxyl groups is 1. The Morgan fingerprint density at radius 1 is 0.850 bits per heavy atom. The van der Waals surface area contributed by atoms with Gasteiger partial charge in [-0.15, -0.1) is 0 Å². The summed E-state index contributed by atoms with van der Waals surface area (Å²) in [6, 6.07) is 18.5. The largest absolute Gasteiger partial charge is 0.494 e. The van der Waals surface area contributed by atoms with Gasteiger partial charge in [-0.2, -0.15) is 0 Å². The lowest BCUT2D eigenvalue weighted by atomic mass is 10.1. The van der Waals surface area contributed by atoms with Crippen molar-refractivity contribution in [3.05, 3.63) is 54.6 Å². The van der Waals surface area contributed by atoms with Crippen LogP contribution in [0.4, 0.5) is 0 Å². The van der Waals surface area contributed by atoms with E-state index in [4.69, 9.17) is 9.84 Å². The van der Waals surface area contributed by atoms with Gasteiger partial charge in [0.2, 0.25) is 0 Å². The van der Waals surface area contributed by atoms with Crippen molar-refractivity contribution < 1.29 is 9.84 Å².